The van der Waals surface area contributed by atoms with Gasteiger partial charge in [-0.05, 0) is 82.5 Å². The summed E-state index contributed by atoms with van der Waals surface area (Å²) >= 11 is 3.53. The van der Waals surface area contributed by atoms with Crippen LogP contribution in [0, 0.1) is 6.92 Å². The highest BCUT2D eigenvalue weighted by molar-refractivity contribution is 9.10. The molecule has 1 amide bonds. The zero-order valence-corrected chi connectivity index (χ0v) is 19.3. The lowest BCUT2D eigenvalue weighted by molar-refractivity contribution is -0.118. The molecule has 0 aromatic heterocycles. The van der Waals surface area contributed by atoms with Crippen molar-refractivity contribution in [2.45, 2.75) is 13.5 Å². The first-order valence-corrected chi connectivity index (χ1v) is 10.5. The van der Waals surface area contributed by atoms with Crippen molar-refractivity contribution in [3.05, 3.63) is 76.3 Å². The summed E-state index contributed by atoms with van der Waals surface area (Å²) in [6.45, 7) is 2.43. The number of anilines is 2. The van der Waals surface area contributed by atoms with Gasteiger partial charge >= 0.3 is 0 Å². The number of ether oxygens (including phenoxy) is 3. The van der Waals surface area contributed by atoms with Gasteiger partial charge < -0.3 is 24.8 Å². The van der Waals surface area contributed by atoms with Crippen LogP contribution in [0.4, 0.5) is 11.4 Å². The summed E-state index contributed by atoms with van der Waals surface area (Å²) in [7, 11) is 3.21. The SMILES string of the molecule is COc1ccc(NCc2cc(Br)c(OCC(=O)Nc3cccc(C)c3)c(OC)c2)cc1. The molecule has 0 spiro atoms. The summed E-state index contributed by atoms with van der Waals surface area (Å²) in [5.74, 6) is 1.59. The van der Waals surface area contributed by atoms with Crippen LogP contribution in [-0.4, -0.2) is 26.7 Å². The average Bonchev–Trinajstić information content (AvgIpc) is 2.77. The Labute approximate surface area is 190 Å². The number of methoxy groups -OCH3 is 2. The summed E-state index contributed by atoms with van der Waals surface area (Å²) in [6.07, 6.45) is 0. The van der Waals surface area contributed by atoms with Gasteiger partial charge in [0.2, 0.25) is 0 Å². The van der Waals surface area contributed by atoms with Gasteiger partial charge in [-0.1, -0.05) is 12.1 Å². The molecule has 7 heteroatoms. The maximum Gasteiger partial charge on any atom is 0.262 e. The first-order chi connectivity index (χ1) is 15.0. The molecule has 2 N–H and O–H groups in total. The smallest absolute Gasteiger partial charge is 0.262 e. The third-order valence-electron chi connectivity index (χ3n) is 4.53. The highest BCUT2D eigenvalue weighted by atomic mass is 79.9. The Morgan fingerprint density at radius 2 is 1.74 bits per heavy atom. The summed E-state index contributed by atoms with van der Waals surface area (Å²) < 4.78 is 17.1. The van der Waals surface area contributed by atoms with Crippen molar-refractivity contribution < 1.29 is 19.0 Å². The monoisotopic (exact) mass is 484 g/mol. The van der Waals surface area contributed by atoms with E-state index < -0.39 is 0 Å². The number of nitrogens with one attached hydrogen (secondary N) is 2. The minimum absolute atomic E-state index is 0.133. The van der Waals surface area contributed by atoms with E-state index in [1.807, 2.05) is 67.6 Å². The lowest BCUT2D eigenvalue weighted by Crippen LogP contribution is -2.20. The molecule has 0 fully saturated rings. The summed E-state index contributed by atoms with van der Waals surface area (Å²) in [6, 6.07) is 19.1. The minimum Gasteiger partial charge on any atom is -0.497 e. The fraction of sp³-hybridized carbons (Fsp3) is 0.208. The van der Waals surface area contributed by atoms with Crippen LogP contribution in [-0.2, 0) is 11.3 Å². The summed E-state index contributed by atoms with van der Waals surface area (Å²) in [5, 5.41) is 6.18. The van der Waals surface area contributed by atoms with Crippen LogP contribution < -0.4 is 24.8 Å². The molecule has 0 aliphatic rings. The number of amides is 1. The number of benzene rings is 3. The zero-order valence-electron chi connectivity index (χ0n) is 17.7. The molecule has 3 aromatic rings. The average molecular weight is 485 g/mol. The summed E-state index contributed by atoms with van der Waals surface area (Å²) in [5.41, 5.74) is 3.78. The third kappa shape index (κ3) is 6.39. The second kappa shape index (κ2) is 10.7. The van der Waals surface area contributed by atoms with Gasteiger partial charge in [-0.25, -0.2) is 0 Å². The lowest BCUT2D eigenvalue weighted by Gasteiger charge is -2.15. The molecule has 0 atom stereocenters. The molecular formula is C24H25BrN2O4. The Bertz CT molecular complexity index is 1040. The van der Waals surface area contributed by atoms with Crippen LogP contribution >= 0.6 is 15.9 Å². The molecule has 3 rings (SSSR count). The van der Waals surface area contributed by atoms with Gasteiger partial charge in [-0.15, -0.1) is 0 Å². The first-order valence-electron chi connectivity index (χ1n) is 9.72. The maximum absolute atomic E-state index is 12.3. The van der Waals surface area contributed by atoms with Crippen LogP contribution in [0.3, 0.4) is 0 Å². The van der Waals surface area contributed by atoms with Crippen molar-refractivity contribution in [2.24, 2.45) is 0 Å². The van der Waals surface area contributed by atoms with E-state index in [0.717, 1.165) is 28.3 Å². The second-order valence-electron chi connectivity index (χ2n) is 6.90. The third-order valence-corrected chi connectivity index (χ3v) is 5.11. The first kappa shape index (κ1) is 22.5. The van der Waals surface area contributed by atoms with Crippen molar-refractivity contribution >= 4 is 33.2 Å². The molecule has 0 saturated heterocycles. The molecule has 162 valence electrons. The largest absolute Gasteiger partial charge is 0.497 e. The van der Waals surface area contributed by atoms with Gasteiger partial charge in [-0.3, -0.25) is 4.79 Å². The fourth-order valence-corrected chi connectivity index (χ4v) is 3.59. The van der Waals surface area contributed by atoms with E-state index in [-0.39, 0.29) is 12.5 Å². The van der Waals surface area contributed by atoms with Gasteiger partial charge in [0.05, 0.1) is 18.7 Å². The van der Waals surface area contributed by atoms with Crippen molar-refractivity contribution in [1.82, 2.24) is 0 Å². The molecule has 0 radical (unpaired) electrons. The number of carbonyl (C=O) groups excluding carboxylic acids is 1. The number of hydrogen-bond acceptors (Lipinski definition) is 5. The molecule has 0 saturated carbocycles. The second-order valence-corrected chi connectivity index (χ2v) is 7.75. The van der Waals surface area contributed by atoms with Crippen molar-refractivity contribution in [2.75, 3.05) is 31.5 Å². The quantitative estimate of drug-likeness (QED) is 0.425. The Hall–Kier alpha value is -3.19. The Morgan fingerprint density at radius 1 is 0.968 bits per heavy atom. The van der Waals surface area contributed by atoms with Crippen molar-refractivity contribution in [3.8, 4) is 17.2 Å². The Balaban J connectivity index is 1.62. The van der Waals surface area contributed by atoms with E-state index in [4.69, 9.17) is 14.2 Å². The molecule has 0 heterocycles. The Kier molecular flexibility index (Phi) is 7.78. The van der Waals surface area contributed by atoms with Gasteiger partial charge in [-0.2, -0.15) is 0 Å². The standard InChI is InChI=1S/C24H25BrN2O4/c1-16-5-4-6-19(11-16)27-23(28)15-31-24-21(25)12-17(13-22(24)30-3)14-26-18-7-9-20(29-2)10-8-18/h4-13,26H,14-15H2,1-3H3,(H,27,28). The fourth-order valence-electron chi connectivity index (χ4n) is 2.99. The van der Waals surface area contributed by atoms with Crippen LogP contribution in [0.15, 0.2) is 65.1 Å². The van der Waals surface area contributed by atoms with Gasteiger partial charge in [0.15, 0.2) is 18.1 Å². The van der Waals surface area contributed by atoms with Gasteiger partial charge in [0.25, 0.3) is 5.91 Å². The molecule has 0 aliphatic carbocycles. The number of carbonyl (C=O) groups is 1. The molecular weight excluding hydrogens is 460 g/mol. The van der Waals surface area contributed by atoms with Crippen molar-refractivity contribution in [1.29, 1.82) is 0 Å². The predicted molar refractivity (Wildman–Crippen MR) is 126 cm³/mol. The molecule has 31 heavy (non-hydrogen) atoms. The van der Waals surface area contributed by atoms with E-state index in [9.17, 15) is 4.79 Å². The van der Waals surface area contributed by atoms with Gasteiger partial charge in [0.1, 0.15) is 5.75 Å². The van der Waals surface area contributed by atoms with Crippen LogP contribution in [0.1, 0.15) is 11.1 Å². The number of halogens is 1. The maximum atomic E-state index is 12.3. The molecule has 0 aliphatic heterocycles. The van der Waals surface area contributed by atoms with E-state index in [0.29, 0.717) is 22.5 Å². The molecule has 3 aromatic carbocycles. The van der Waals surface area contributed by atoms with E-state index in [1.54, 1.807) is 14.2 Å². The highest BCUT2D eigenvalue weighted by Gasteiger charge is 2.14. The number of rotatable bonds is 9. The topological polar surface area (TPSA) is 68.8 Å². The predicted octanol–water partition coefficient (Wildman–Crippen LogP) is 5.40. The lowest BCUT2D eigenvalue weighted by atomic mass is 10.2. The molecule has 0 bridgehead atoms. The van der Waals surface area contributed by atoms with E-state index >= 15 is 0 Å². The van der Waals surface area contributed by atoms with Crippen LogP contribution in [0.5, 0.6) is 17.2 Å². The van der Waals surface area contributed by atoms with Crippen molar-refractivity contribution in [3.63, 3.8) is 0 Å². The van der Waals surface area contributed by atoms with E-state index in [1.165, 1.54) is 0 Å². The van der Waals surface area contributed by atoms with Crippen LogP contribution in [0.2, 0.25) is 0 Å². The van der Waals surface area contributed by atoms with Crippen LogP contribution in [0.25, 0.3) is 0 Å². The zero-order chi connectivity index (χ0) is 22.2. The number of aryl methyl sites for hydroxylation is 1. The molecule has 6 nitrogen and oxygen atoms in total. The van der Waals surface area contributed by atoms with Gasteiger partial charge in [0, 0.05) is 17.9 Å². The molecule has 0 unspecified atom stereocenters. The summed E-state index contributed by atoms with van der Waals surface area (Å²) in [4.78, 5) is 12.3. The van der Waals surface area contributed by atoms with E-state index in [2.05, 4.69) is 26.6 Å². The minimum atomic E-state index is -0.246. The normalized spacial score (nSPS) is 10.3. The number of hydrogen-bond donors (Lipinski definition) is 2. The Morgan fingerprint density at radius 3 is 2.42 bits per heavy atom. The highest BCUT2D eigenvalue weighted by Crippen LogP contribution is 2.37.